The van der Waals surface area contributed by atoms with Gasteiger partial charge in [-0.2, -0.15) is 0 Å². The molecule has 0 unspecified atom stereocenters. The average molecular weight is 259 g/mol. The molecule has 0 aromatic heterocycles. The maximum absolute atomic E-state index is 5.58. The highest BCUT2D eigenvalue weighted by atomic mass is 28.4. The first-order chi connectivity index (χ1) is 7.99. The Morgan fingerprint density at radius 1 is 1.24 bits per heavy atom. The molecule has 0 aromatic rings. The van der Waals surface area contributed by atoms with E-state index < -0.39 is 8.56 Å². The van der Waals surface area contributed by atoms with Crippen molar-refractivity contribution in [3.63, 3.8) is 0 Å². The highest BCUT2D eigenvalue weighted by Gasteiger charge is 2.32. The van der Waals surface area contributed by atoms with Gasteiger partial charge in [-0.05, 0) is 37.8 Å². The first kappa shape index (κ1) is 16.8. The van der Waals surface area contributed by atoms with Crippen LogP contribution in [-0.2, 0) is 8.85 Å². The fourth-order valence-electron chi connectivity index (χ4n) is 2.03. The van der Waals surface area contributed by atoms with Gasteiger partial charge in [-0.1, -0.05) is 20.8 Å². The van der Waals surface area contributed by atoms with E-state index in [2.05, 4.69) is 32.7 Å². The smallest absolute Gasteiger partial charge is 0.337 e. The molecule has 0 heterocycles. The van der Waals surface area contributed by atoms with E-state index >= 15 is 0 Å². The normalized spacial score (nSPS) is 13.5. The summed E-state index contributed by atoms with van der Waals surface area (Å²) in [7, 11) is 1.65. The molecule has 3 nitrogen and oxygen atoms in total. The molecule has 4 heteroatoms. The van der Waals surface area contributed by atoms with Gasteiger partial charge in [0, 0.05) is 26.5 Å². The molecule has 0 amide bonds. The third kappa shape index (κ3) is 6.96. The second kappa shape index (κ2) is 8.83. The van der Waals surface area contributed by atoms with E-state index in [1.54, 1.807) is 14.2 Å². The van der Waals surface area contributed by atoms with Crippen molar-refractivity contribution in [3.05, 3.63) is 0 Å². The van der Waals surface area contributed by atoms with E-state index in [9.17, 15) is 0 Å². The Labute approximate surface area is 108 Å². The van der Waals surface area contributed by atoms with Crippen LogP contribution in [0.5, 0.6) is 0 Å². The lowest BCUT2D eigenvalue weighted by Gasteiger charge is -2.25. The van der Waals surface area contributed by atoms with Crippen LogP contribution in [0.25, 0.3) is 0 Å². The van der Waals surface area contributed by atoms with Crippen LogP contribution in [0, 0.1) is 5.92 Å². The lowest BCUT2D eigenvalue weighted by Crippen LogP contribution is -2.39. The standard InChI is InChI=1S/C13H29NO2Si/c1-7-17(15-5,16-6)10-8-9-14-13(4)11-12(2)3/h12H,7-11H2,1-6H3. The monoisotopic (exact) mass is 259 g/mol. The minimum atomic E-state index is -1.89. The zero-order chi connectivity index (χ0) is 13.3. The summed E-state index contributed by atoms with van der Waals surface area (Å²) in [6, 6.07) is 2.05. The van der Waals surface area contributed by atoms with E-state index in [0.29, 0.717) is 5.92 Å². The summed E-state index contributed by atoms with van der Waals surface area (Å²) in [5.74, 6) is 0.695. The molecule has 0 atom stereocenters. The molecule has 0 spiro atoms. The van der Waals surface area contributed by atoms with Crippen molar-refractivity contribution in [1.29, 1.82) is 0 Å². The van der Waals surface area contributed by atoms with Gasteiger partial charge < -0.3 is 8.85 Å². The summed E-state index contributed by atoms with van der Waals surface area (Å²) in [5.41, 5.74) is 1.26. The predicted octanol–water partition coefficient (Wildman–Crippen LogP) is 3.64. The molecule has 0 saturated heterocycles. The Morgan fingerprint density at radius 3 is 2.24 bits per heavy atom. The molecule has 0 saturated carbocycles. The Balaban J connectivity index is 3.97. The molecule has 0 aliphatic carbocycles. The molecule has 0 fully saturated rings. The van der Waals surface area contributed by atoms with Gasteiger partial charge in [0.1, 0.15) is 0 Å². The maximum Gasteiger partial charge on any atom is 0.337 e. The molecule has 0 N–H and O–H groups in total. The van der Waals surface area contributed by atoms with Crippen LogP contribution in [0.2, 0.25) is 12.1 Å². The van der Waals surface area contributed by atoms with Gasteiger partial charge in [-0.25, -0.2) is 0 Å². The number of rotatable bonds is 9. The zero-order valence-corrected chi connectivity index (χ0v) is 13.4. The third-order valence-corrected chi connectivity index (χ3v) is 6.76. The largest absolute Gasteiger partial charge is 0.398 e. The van der Waals surface area contributed by atoms with Gasteiger partial charge in [0.25, 0.3) is 0 Å². The van der Waals surface area contributed by atoms with Gasteiger partial charge >= 0.3 is 8.56 Å². The number of hydrogen-bond acceptors (Lipinski definition) is 3. The van der Waals surface area contributed by atoms with Crippen molar-refractivity contribution >= 4 is 14.3 Å². The number of nitrogens with zero attached hydrogens (tertiary/aromatic N) is 1. The SMILES string of the molecule is CC[Si](CCCN=C(C)CC(C)C)(OC)OC. The van der Waals surface area contributed by atoms with Crippen LogP contribution < -0.4 is 0 Å². The molecular weight excluding hydrogens is 230 g/mol. The van der Waals surface area contributed by atoms with Crippen molar-refractivity contribution in [2.24, 2.45) is 10.9 Å². The van der Waals surface area contributed by atoms with Crippen molar-refractivity contribution in [2.45, 2.75) is 52.6 Å². The summed E-state index contributed by atoms with van der Waals surface area (Å²) in [5, 5.41) is 0. The van der Waals surface area contributed by atoms with Crippen LogP contribution in [0.1, 0.15) is 40.5 Å². The van der Waals surface area contributed by atoms with Crippen LogP contribution in [0.15, 0.2) is 4.99 Å². The number of hydrogen-bond donors (Lipinski definition) is 0. The van der Waals surface area contributed by atoms with E-state index in [-0.39, 0.29) is 0 Å². The van der Waals surface area contributed by atoms with Gasteiger partial charge in [0.2, 0.25) is 0 Å². The van der Waals surface area contributed by atoms with E-state index in [1.807, 2.05) is 0 Å². The Bertz CT molecular complexity index is 217. The van der Waals surface area contributed by atoms with Crippen molar-refractivity contribution in [3.8, 4) is 0 Å². The molecule has 0 radical (unpaired) electrons. The van der Waals surface area contributed by atoms with Gasteiger partial charge in [-0.3, -0.25) is 4.99 Å². The van der Waals surface area contributed by atoms with E-state index in [4.69, 9.17) is 8.85 Å². The first-order valence-electron chi connectivity index (χ1n) is 6.60. The van der Waals surface area contributed by atoms with Crippen molar-refractivity contribution in [1.82, 2.24) is 0 Å². The molecule has 0 aliphatic heterocycles. The van der Waals surface area contributed by atoms with Crippen molar-refractivity contribution in [2.75, 3.05) is 20.8 Å². The van der Waals surface area contributed by atoms with Crippen LogP contribution in [0.4, 0.5) is 0 Å². The quantitative estimate of drug-likeness (QED) is 0.359. The third-order valence-electron chi connectivity index (χ3n) is 3.08. The lowest BCUT2D eigenvalue weighted by atomic mass is 10.1. The topological polar surface area (TPSA) is 30.8 Å². The van der Waals surface area contributed by atoms with E-state index in [1.165, 1.54) is 5.71 Å². The zero-order valence-electron chi connectivity index (χ0n) is 12.4. The Kier molecular flexibility index (Phi) is 8.73. The summed E-state index contributed by atoms with van der Waals surface area (Å²) in [6.45, 7) is 9.62. The second-order valence-electron chi connectivity index (χ2n) is 4.99. The van der Waals surface area contributed by atoms with Crippen molar-refractivity contribution < 1.29 is 8.85 Å². The predicted molar refractivity (Wildman–Crippen MR) is 77.1 cm³/mol. The minimum absolute atomic E-state index is 0.695. The molecule has 17 heavy (non-hydrogen) atoms. The fourth-order valence-corrected chi connectivity index (χ4v) is 4.23. The Hall–Kier alpha value is -0.193. The van der Waals surface area contributed by atoms with Crippen LogP contribution in [-0.4, -0.2) is 35.0 Å². The average Bonchev–Trinajstić information content (AvgIpc) is 2.29. The minimum Gasteiger partial charge on any atom is -0.398 e. The summed E-state index contributed by atoms with van der Waals surface area (Å²) >= 11 is 0. The highest BCUT2D eigenvalue weighted by Crippen LogP contribution is 2.18. The number of aliphatic imine (C=N–C) groups is 1. The summed E-state index contributed by atoms with van der Waals surface area (Å²) in [6.07, 6.45) is 2.17. The molecule has 0 aromatic carbocycles. The summed E-state index contributed by atoms with van der Waals surface area (Å²) in [4.78, 5) is 4.60. The first-order valence-corrected chi connectivity index (χ1v) is 8.83. The summed E-state index contributed by atoms with van der Waals surface area (Å²) < 4.78 is 11.2. The molecule has 0 rings (SSSR count). The molecule has 102 valence electrons. The van der Waals surface area contributed by atoms with Crippen LogP contribution >= 0.6 is 0 Å². The van der Waals surface area contributed by atoms with E-state index in [0.717, 1.165) is 31.5 Å². The molecule has 0 aliphatic rings. The van der Waals surface area contributed by atoms with Gasteiger partial charge in [0.05, 0.1) is 0 Å². The lowest BCUT2D eigenvalue weighted by molar-refractivity contribution is 0.242. The Morgan fingerprint density at radius 2 is 1.82 bits per heavy atom. The van der Waals surface area contributed by atoms with Gasteiger partial charge in [-0.15, -0.1) is 0 Å². The van der Waals surface area contributed by atoms with Gasteiger partial charge in [0.15, 0.2) is 0 Å². The maximum atomic E-state index is 5.58. The van der Waals surface area contributed by atoms with Crippen LogP contribution in [0.3, 0.4) is 0 Å². The molecule has 0 bridgehead atoms. The highest BCUT2D eigenvalue weighted by molar-refractivity contribution is 6.67. The second-order valence-corrected chi connectivity index (χ2v) is 8.84. The fraction of sp³-hybridized carbons (Fsp3) is 0.923. The molecular formula is C13H29NO2Si.